The molecule has 1 unspecified atom stereocenters. The average molecular weight is 376 g/mol. The zero-order chi connectivity index (χ0) is 19.2. The SMILES string of the molecule is O=C(CCCn1ccnc1)NC1CCN(c2nccc(-c3ccccc3)n2)C1. The second-order valence-corrected chi connectivity index (χ2v) is 7.01. The van der Waals surface area contributed by atoms with E-state index in [1.165, 1.54) is 0 Å². The first-order valence-electron chi connectivity index (χ1n) is 9.66. The fraction of sp³-hybridized carbons (Fsp3) is 0.333. The van der Waals surface area contributed by atoms with Crippen molar-refractivity contribution in [1.82, 2.24) is 24.8 Å². The molecule has 0 radical (unpaired) electrons. The maximum atomic E-state index is 12.2. The van der Waals surface area contributed by atoms with E-state index in [1.54, 1.807) is 18.7 Å². The predicted molar refractivity (Wildman–Crippen MR) is 108 cm³/mol. The topological polar surface area (TPSA) is 75.9 Å². The van der Waals surface area contributed by atoms with E-state index in [2.05, 4.69) is 20.2 Å². The minimum atomic E-state index is 0.103. The highest BCUT2D eigenvalue weighted by Crippen LogP contribution is 2.21. The molecular weight excluding hydrogens is 352 g/mol. The molecule has 7 nitrogen and oxygen atoms in total. The Morgan fingerprint density at radius 3 is 2.89 bits per heavy atom. The summed E-state index contributed by atoms with van der Waals surface area (Å²) >= 11 is 0. The second-order valence-electron chi connectivity index (χ2n) is 7.01. The molecule has 0 bridgehead atoms. The van der Waals surface area contributed by atoms with Gasteiger partial charge in [-0.25, -0.2) is 15.0 Å². The maximum Gasteiger partial charge on any atom is 0.225 e. The predicted octanol–water partition coefficient (Wildman–Crippen LogP) is 2.52. The summed E-state index contributed by atoms with van der Waals surface area (Å²) in [5, 5.41) is 3.14. The normalized spacial score (nSPS) is 16.3. The molecule has 1 aromatic carbocycles. The van der Waals surface area contributed by atoms with Crippen LogP contribution in [0.3, 0.4) is 0 Å². The van der Waals surface area contributed by atoms with Crippen molar-refractivity contribution in [3.63, 3.8) is 0 Å². The van der Waals surface area contributed by atoms with Crippen molar-refractivity contribution in [2.45, 2.75) is 31.8 Å². The van der Waals surface area contributed by atoms with Gasteiger partial charge in [-0.1, -0.05) is 30.3 Å². The Morgan fingerprint density at radius 2 is 2.07 bits per heavy atom. The van der Waals surface area contributed by atoms with Gasteiger partial charge in [0.15, 0.2) is 0 Å². The quantitative estimate of drug-likeness (QED) is 0.686. The van der Waals surface area contributed by atoms with Crippen molar-refractivity contribution in [2.75, 3.05) is 18.0 Å². The van der Waals surface area contributed by atoms with Gasteiger partial charge in [0.1, 0.15) is 0 Å². The molecule has 1 aliphatic heterocycles. The summed E-state index contributed by atoms with van der Waals surface area (Å²) in [6, 6.07) is 12.2. The number of hydrogen-bond donors (Lipinski definition) is 1. The van der Waals surface area contributed by atoms with Gasteiger partial charge < -0.3 is 14.8 Å². The molecule has 1 aliphatic rings. The number of amides is 1. The lowest BCUT2D eigenvalue weighted by Crippen LogP contribution is -2.37. The number of carbonyl (C=O) groups is 1. The van der Waals surface area contributed by atoms with Crippen molar-refractivity contribution in [2.24, 2.45) is 0 Å². The number of aryl methyl sites for hydroxylation is 1. The highest BCUT2D eigenvalue weighted by atomic mass is 16.1. The number of nitrogens with one attached hydrogen (secondary N) is 1. The number of imidazole rings is 1. The number of anilines is 1. The number of nitrogens with zero attached hydrogens (tertiary/aromatic N) is 5. The Bertz CT molecular complexity index is 896. The van der Waals surface area contributed by atoms with Gasteiger partial charge in [-0.15, -0.1) is 0 Å². The summed E-state index contributed by atoms with van der Waals surface area (Å²) < 4.78 is 1.99. The van der Waals surface area contributed by atoms with Crippen LogP contribution in [-0.4, -0.2) is 44.6 Å². The van der Waals surface area contributed by atoms with E-state index >= 15 is 0 Å². The van der Waals surface area contributed by atoms with Crippen LogP contribution in [0.4, 0.5) is 5.95 Å². The summed E-state index contributed by atoms with van der Waals surface area (Å²) in [6.45, 7) is 2.40. The van der Waals surface area contributed by atoms with Crippen LogP contribution in [0.25, 0.3) is 11.3 Å². The molecule has 1 N–H and O–H groups in total. The molecule has 0 saturated carbocycles. The monoisotopic (exact) mass is 376 g/mol. The first kappa shape index (κ1) is 18.2. The lowest BCUT2D eigenvalue weighted by molar-refractivity contribution is -0.121. The molecule has 1 atom stereocenters. The van der Waals surface area contributed by atoms with E-state index in [0.717, 1.165) is 49.7 Å². The number of aromatic nitrogens is 4. The molecule has 3 aromatic rings. The van der Waals surface area contributed by atoms with Gasteiger partial charge in [0.05, 0.1) is 12.0 Å². The molecule has 28 heavy (non-hydrogen) atoms. The Hall–Kier alpha value is -3.22. The molecule has 2 aromatic heterocycles. The van der Waals surface area contributed by atoms with Crippen LogP contribution in [0.1, 0.15) is 19.3 Å². The number of carbonyl (C=O) groups excluding carboxylic acids is 1. The minimum absolute atomic E-state index is 0.103. The van der Waals surface area contributed by atoms with Crippen molar-refractivity contribution in [3.8, 4) is 11.3 Å². The van der Waals surface area contributed by atoms with Gasteiger partial charge >= 0.3 is 0 Å². The van der Waals surface area contributed by atoms with E-state index < -0.39 is 0 Å². The van der Waals surface area contributed by atoms with Gasteiger partial charge in [-0.05, 0) is 18.9 Å². The number of benzene rings is 1. The van der Waals surface area contributed by atoms with E-state index in [0.29, 0.717) is 6.42 Å². The van der Waals surface area contributed by atoms with Crippen molar-refractivity contribution in [1.29, 1.82) is 0 Å². The maximum absolute atomic E-state index is 12.2. The van der Waals surface area contributed by atoms with Crippen LogP contribution in [0, 0.1) is 0 Å². The van der Waals surface area contributed by atoms with Crippen LogP contribution >= 0.6 is 0 Å². The van der Waals surface area contributed by atoms with E-state index in [9.17, 15) is 4.79 Å². The second kappa shape index (κ2) is 8.65. The van der Waals surface area contributed by atoms with Crippen molar-refractivity contribution < 1.29 is 4.79 Å². The molecule has 7 heteroatoms. The van der Waals surface area contributed by atoms with E-state index in [4.69, 9.17) is 4.98 Å². The van der Waals surface area contributed by atoms with E-state index in [1.807, 2.05) is 47.2 Å². The summed E-state index contributed by atoms with van der Waals surface area (Å²) in [7, 11) is 0. The first-order valence-corrected chi connectivity index (χ1v) is 9.66. The summed E-state index contributed by atoms with van der Waals surface area (Å²) in [5.41, 5.74) is 1.99. The molecule has 1 amide bonds. The lowest BCUT2D eigenvalue weighted by Gasteiger charge is -2.17. The van der Waals surface area contributed by atoms with Crippen LogP contribution in [0.2, 0.25) is 0 Å². The molecule has 0 aliphatic carbocycles. The van der Waals surface area contributed by atoms with E-state index in [-0.39, 0.29) is 11.9 Å². The fourth-order valence-electron chi connectivity index (χ4n) is 3.47. The largest absolute Gasteiger partial charge is 0.352 e. The van der Waals surface area contributed by atoms with Crippen molar-refractivity contribution in [3.05, 3.63) is 61.3 Å². The minimum Gasteiger partial charge on any atom is -0.352 e. The smallest absolute Gasteiger partial charge is 0.225 e. The van der Waals surface area contributed by atoms with Gasteiger partial charge in [-0.2, -0.15) is 0 Å². The Labute approximate surface area is 164 Å². The highest BCUT2D eigenvalue weighted by Gasteiger charge is 2.25. The fourth-order valence-corrected chi connectivity index (χ4v) is 3.47. The van der Waals surface area contributed by atoms with Crippen LogP contribution < -0.4 is 10.2 Å². The van der Waals surface area contributed by atoms with Gasteiger partial charge in [0.2, 0.25) is 11.9 Å². The summed E-state index contributed by atoms with van der Waals surface area (Å²) in [6.07, 6.45) is 9.48. The van der Waals surface area contributed by atoms with Crippen LogP contribution in [-0.2, 0) is 11.3 Å². The lowest BCUT2D eigenvalue weighted by atomic mass is 10.1. The van der Waals surface area contributed by atoms with Gasteiger partial charge in [-0.3, -0.25) is 4.79 Å². The van der Waals surface area contributed by atoms with Gasteiger partial charge in [0, 0.05) is 56.3 Å². The third kappa shape index (κ3) is 4.54. The third-order valence-corrected chi connectivity index (χ3v) is 4.93. The van der Waals surface area contributed by atoms with Crippen LogP contribution in [0.5, 0.6) is 0 Å². The van der Waals surface area contributed by atoms with Crippen molar-refractivity contribution >= 4 is 11.9 Å². The standard InChI is InChI=1S/C21H24N6O/c28-20(7-4-12-26-14-11-22-16-26)24-18-9-13-27(15-18)21-23-10-8-19(25-21)17-5-2-1-3-6-17/h1-3,5-6,8,10-11,14,16,18H,4,7,9,12-13,15H2,(H,24,28). The highest BCUT2D eigenvalue weighted by molar-refractivity contribution is 5.76. The Balaban J connectivity index is 1.29. The molecule has 4 rings (SSSR count). The molecule has 3 heterocycles. The summed E-state index contributed by atoms with van der Waals surface area (Å²) in [4.78, 5) is 27.5. The number of rotatable bonds is 7. The Morgan fingerprint density at radius 1 is 1.18 bits per heavy atom. The van der Waals surface area contributed by atoms with Crippen LogP contribution in [0.15, 0.2) is 61.3 Å². The zero-order valence-corrected chi connectivity index (χ0v) is 15.7. The molecule has 1 saturated heterocycles. The summed E-state index contributed by atoms with van der Waals surface area (Å²) in [5.74, 6) is 0.823. The average Bonchev–Trinajstić information content (AvgIpc) is 3.41. The zero-order valence-electron chi connectivity index (χ0n) is 15.7. The molecule has 0 spiro atoms. The first-order chi connectivity index (χ1) is 13.8. The molecular formula is C21H24N6O. The molecule has 1 fully saturated rings. The third-order valence-electron chi connectivity index (χ3n) is 4.93. The molecule has 144 valence electrons. The van der Waals surface area contributed by atoms with Gasteiger partial charge in [0.25, 0.3) is 0 Å². The Kier molecular flexibility index (Phi) is 5.61. The number of hydrogen-bond acceptors (Lipinski definition) is 5.